The second-order valence-electron chi connectivity index (χ2n) is 5.23. The summed E-state index contributed by atoms with van der Waals surface area (Å²) in [6.45, 7) is 0.910. The summed E-state index contributed by atoms with van der Waals surface area (Å²) in [6.07, 6.45) is 2.83. The highest BCUT2D eigenvalue weighted by atomic mass is 32.2. The lowest BCUT2D eigenvalue weighted by molar-refractivity contribution is 0.0928. The van der Waals surface area contributed by atoms with Gasteiger partial charge in [-0.15, -0.1) is 11.3 Å². The second kappa shape index (κ2) is 8.31. The molecule has 2 aromatic rings. The van der Waals surface area contributed by atoms with Gasteiger partial charge in [0.2, 0.25) is 0 Å². The topological polar surface area (TPSA) is 45.2 Å². The van der Waals surface area contributed by atoms with E-state index >= 15 is 0 Å². The summed E-state index contributed by atoms with van der Waals surface area (Å²) < 4.78 is 0.912. The number of carbonyl (C=O) groups excluding carboxylic acids is 1. The van der Waals surface area contributed by atoms with E-state index in [2.05, 4.69) is 27.3 Å². The number of nitrogens with one attached hydrogen (secondary N) is 1. The molecule has 1 atom stereocenters. The van der Waals surface area contributed by atoms with E-state index in [1.54, 1.807) is 11.8 Å². The molecular weight excluding hydrogens is 314 g/mol. The zero-order valence-electron chi connectivity index (χ0n) is 13.1. The molecule has 0 saturated heterocycles. The van der Waals surface area contributed by atoms with Gasteiger partial charge in [0, 0.05) is 5.38 Å². The van der Waals surface area contributed by atoms with Gasteiger partial charge in [-0.2, -0.15) is 0 Å². The van der Waals surface area contributed by atoms with Crippen LogP contribution in [0.3, 0.4) is 0 Å². The Balaban J connectivity index is 2.09. The number of thiazole rings is 1. The van der Waals surface area contributed by atoms with Gasteiger partial charge in [0.25, 0.3) is 5.91 Å². The summed E-state index contributed by atoms with van der Waals surface area (Å²) in [4.78, 5) is 18.9. The SMILES string of the molecule is CSc1nc(C(=O)N[C@@H](CCN(C)C)c2ccccc2)cs1. The van der Waals surface area contributed by atoms with Crippen LogP contribution in [-0.2, 0) is 0 Å². The lowest BCUT2D eigenvalue weighted by Crippen LogP contribution is -2.31. The Bertz CT molecular complexity index is 598. The monoisotopic (exact) mass is 335 g/mol. The number of aromatic nitrogens is 1. The first-order valence-corrected chi connectivity index (χ1v) is 9.20. The van der Waals surface area contributed by atoms with Crippen LogP contribution in [-0.4, -0.2) is 42.7 Å². The van der Waals surface area contributed by atoms with E-state index in [1.807, 2.05) is 43.9 Å². The number of amides is 1. The van der Waals surface area contributed by atoms with Crippen LogP contribution in [0.25, 0.3) is 0 Å². The van der Waals surface area contributed by atoms with Crippen LogP contribution in [0, 0.1) is 0 Å². The number of hydrogen-bond donors (Lipinski definition) is 1. The van der Waals surface area contributed by atoms with Crippen LogP contribution < -0.4 is 5.32 Å². The van der Waals surface area contributed by atoms with E-state index in [-0.39, 0.29) is 11.9 Å². The average Bonchev–Trinajstić information content (AvgIpc) is 3.01. The minimum Gasteiger partial charge on any atom is -0.344 e. The molecule has 0 aliphatic rings. The molecule has 0 unspecified atom stereocenters. The highest BCUT2D eigenvalue weighted by molar-refractivity contribution is 8.00. The molecule has 4 nitrogen and oxygen atoms in total. The Kier molecular flexibility index (Phi) is 6.42. The number of rotatable bonds is 7. The first-order valence-electron chi connectivity index (χ1n) is 7.10. The second-order valence-corrected chi connectivity index (χ2v) is 7.14. The summed E-state index contributed by atoms with van der Waals surface area (Å²) in [6, 6.07) is 10.1. The van der Waals surface area contributed by atoms with Crippen molar-refractivity contribution in [3.05, 3.63) is 47.0 Å². The molecular formula is C16H21N3OS2. The molecule has 0 radical (unpaired) electrons. The van der Waals surface area contributed by atoms with E-state index in [4.69, 9.17) is 0 Å². The predicted octanol–water partition coefficient (Wildman–Crippen LogP) is 3.29. The van der Waals surface area contributed by atoms with Gasteiger partial charge in [-0.1, -0.05) is 42.1 Å². The molecule has 0 bridgehead atoms. The molecule has 0 aliphatic heterocycles. The first kappa shape index (κ1) is 17.0. The van der Waals surface area contributed by atoms with Crippen LogP contribution in [0.5, 0.6) is 0 Å². The summed E-state index contributed by atoms with van der Waals surface area (Å²) in [5, 5.41) is 4.93. The molecule has 6 heteroatoms. The highest BCUT2D eigenvalue weighted by Crippen LogP contribution is 2.21. The molecule has 0 spiro atoms. The smallest absolute Gasteiger partial charge is 0.271 e. The number of hydrogen-bond acceptors (Lipinski definition) is 5. The van der Waals surface area contributed by atoms with Crippen molar-refractivity contribution in [2.75, 3.05) is 26.9 Å². The van der Waals surface area contributed by atoms with Gasteiger partial charge in [-0.3, -0.25) is 4.79 Å². The summed E-state index contributed by atoms with van der Waals surface area (Å²) in [5.74, 6) is -0.107. The quantitative estimate of drug-likeness (QED) is 0.789. The van der Waals surface area contributed by atoms with Crippen molar-refractivity contribution in [2.24, 2.45) is 0 Å². The third-order valence-electron chi connectivity index (χ3n) is 3.26. The van der Waals surface area contributed by atoms with Crippen molar-refractivity contribution in [3.8, 4) is 0 Å². The minimum absolute atomic E-state index is 0.00414. The van der Waals surface area contributed by atoms with Crippen molar-refractivity contribution in [1.82, 2.24) is 15.2 Å². The lowest BCUT2D eigenvalue weighted by Gasteiger charge is -2.20. The van der Waals surface area contributed by atoms with Crippen molar-refractivity contribution in [2.45, 2.75) is 16.8 Å². The fourth-order valence-electron chi connectivity index (χ4n) is 2.08. The average molecular weight is 335 g/mol. The maximum Gasteiger partial charge on any atom is 0.271 e. The van der Waals surface area contributed by atoms with E-state index in [9.17, 15) is 4.79 Å². The van der Waals surface area contributed by atoms with Gasteiger partial charge >= 0.3 is 0 Å². The molecule has 0 aliphatic carbocycles. The van der Waals surface area contributed by atoms with Crippen LogP contribution in [0.2, 0.25) is 0 Å². The van der Waals surface area contributed by atoms with E-state index in [0.29, 0.717) is 5.69 Å². The molecule has 118 valence electrons. The van der Waals surface area contributed by atoms with Gasteiger partial charge in [-0.05, 0) is 38.9 Å². The molecule has 22 heavy (non-hydrogen) atoms. The van der Waals surface area contributed by atoms with Crippen LogP contribution >= 0.6 is 23.1 Å². The highest BCUT2D eigenvalue weighted by Gasteiger charge is 2.17. The van der Waals surface area contributed by atoms with Crippen molar-refractivity contribution in [3.63, 3.8) is 0 Å². The summed E-state index contributed by atoms with van der Waals surface area (Å²) in [7, 11) is 4.07. The molecule has 1 amide bonds. The maximum absolute atomic E-state index is 12.4. The van der Waals surface area contributed by atoms with E-state index < -0.39 is 0 Å². The van der Waals surface area contributed by atoms with Gasteiger partial charge in [-0.25, -0.2) is 4.98 Å². The third-order valence-corrected chi connectivity index (χ3v) is 5.13. The maximum atomic E-state index is 12.4. The Morgan fingerprint density at radius 1 is 1.36 bits per heavy atom. The molecule has 2 rings (SSSR count). The lowest BCUT2D eigenvalue weighted by atomic mass is 10.0. The predicted molar refractivity (Wildman–Crippen MR) is 93.7 cm³/mol. The number of thioether (sulfide) groups is 1. The minimum atomic E-state index is -0.107. The Labute approximate surface area is 139 Å². The summed E-state index contributed by atoms with van der Waals surface area (Å²) >= 11 is 3.06. The molecule has 1 aromatic heterocycles. The standard InChI is InChI=1S/C16H21N3OS2/c1-19(2)10-9-13(12-7-5-4-6-8-12)17-15(20)14-11-22-16(18-14)21-3/h4-8,11,13H,9-10H2,1-3H3,(H,17,20)/t13-/m0/s1. The molecule has 1 aromatic carbocycles. The van der Waals surface area contributed by atoms with Gasteiger partial charge in [0.15, 0.2) is 0 Å². The Hall–Kier alpha value is -1.37. The number of benzene rings is 1. The van der Waals surface area contributed by atoms with Gasteiger partial charge < -0.3 is 10.2 Å². The molecule has 1 heterocycles. The zero-order valence-corrected chi connectivity index (χ0v) is 14.7. The van der Waals surface area contributed by atoms with Crippen LogP contribution in [0.15, 0.2) is 40.1 Å². The fraction of sp³-hybridized carbons (Fsp3) is 0.375. The van der Waals surface area contributed by atoms with Crippen LogP contribution in [0.4, 0.5) is 0 Å². The van der Waals surface area contributed by atoms with E-state index in [1.165, 1.54) is 11.3 Å². The fourth-order valence-corrected chi connectivity index (χ4v) is 3.32. The largest absolute Gasteiger partial charge is 0.344 e. The van der Waals surface area contributed by atoms with Gasteiger partial charge in [0.05, 0.1) is 6.04 Å². The molecule has 1 N–H and O–H groups in total. The van der Waals surface area contributed by atoms with Crippen molar-refractivity contribution in [1.29, 1.82) is 0 Å². The van der Waals surface area contributed by atoms with Crippen molar-refractivity contribution < 1.29 is 4.79 Å². The summed E-state index contributed by atoms with van der Waals surface area (Å²) in [5.41, 5.74) is 1.62. The zero-order chi connectivity index (χ0) is 15.9. The third kappa shape index (κ3) is 4.83. The molecule has 0 saturated carbocycles. The Morgan fingerprint density at radius 2 is 2.09 bits per heavy atom. The molecule has 0 fully saturated rings. The Morgan fingerprint density at radius 3 is 2.68 bits per heavy atom. The number of nitrogens with zero attached hydrogens (tertiary/aromatic N) is 2. The van der Waals surface area contributed by atoms with E-state index in [0.717, 1.165) is 22.9 Å². The van der Waals surface area contributed by atoms with Gasteiger partial charge in [0.1, 0.15) is 10.0 Å². The van der Waals surface area contributed by atoms with Crippen molar-refractivity contribution >= 4 is 29.0 Å². The first-order chi connectivity index (χ1) is 10.6. The van der Waals surface area contributed by atoms with Crippen LogP contribution in [0.1, 0.15) is 28.5 Å². The number of carbonyl (C=O) groups is 1. The normalized spacial score (nSPS) is 12.4.